The minimum atomic E-state index is -0.109. The summed E-state index contributed by atoms with van der Waals surface area (Å²) in [6.07, 6.45) is 3.50. The normalized spacial score (nSPS) is 25.1. The van der Waals surface area contributed by atoms with Crippen molar-refractivity contribution in [2.45, 2.75) is 46.1 Å². The lowest BCUT2D eigenvalue weighted by molar-refractivity contribution is 0.0862. The first kappa shape index (κ1) is 16.7. The highest BCUT2D eigenvalue weighted by atomic mass is 16.2. The van der Waals surface area contributed by atoms with Crippen LogP contribution in [0.5, 0.6) is 0 Å². The van der Waals surface area contributed by atoms with E-state index in [-0.39, 0.29) is 11.9 Å². The van der Waals surface area contributed by atoms with Crippen LogP contribution in [-0.2, 0) is 0 Å². The quantitative estimate of drug-likeness (QED) is 0.929. The fourth-order valence-electron chi connectivity index (χ4n) is 3.30. The summed E-state index contributed by atoms with van der Waals surface area (Å²) in [5.41, 5.74) is 0.395. The van der Waals surface area contributed by atoms with Crippen molar-refractivity contribution >= 4 is 11.7 Å². The van der Waals surface area contributed by atoms with Gasteiger partial charge in [0.05, 0.1) is 0 Å². The number of hydrogen-bond donors (Lipinski definition) is 1. The van der Waals surface area contributed by atoms with Gasteiger partial charge >= 0.3 is 0 Å². The second-order valence-electron chi connectivity index (χ2n) is 7.08. The molecule has 1 saturated carbocycles. The molecule has 122 valence electrons. The maximum absolute atomic E-state index is 12.4. The predicted octanol–water partition coefficient (Wildman–Crippen LogP) is 2.73. The summed E-state index contributed by atoms with van der Waals surface area (Å²) in [4.78, 5) is 14.3. The van der Waals surface area contributed by atoms with Crippen LogP contribution in [0.15, 0.2) is 12.1 Å². The average Bonchev–Trinajstić information content (AvgIpc) is 2.47. The zero-order valence-electron chi connectivity index (χ0n) is 14.3. The summed E-state index contributed by atoms with van der Waals surface area (Å²) >= 11 is 0. The van der Waals surface area contributed by atoms with E-state index in [9.17, 15) is 4.79 Å². The average molecular weight is 304 g/mol. The molecule has 0 radical (unpaired) electrons. The van der Waals surface area contributed by atoms with Crippen LogP contribution in [0.2, 0.25) is 0 Å². The van der Waals surface area contributed by atoms with Gasteiger partial charge in [0.15, 0.2) is 11.5 Å². The summed E-state index contributed by atoms with van der Waals surface area (Å²) < 4.78 is 0. The predicted molar refractivity (Wildman–Crippen MR) is 89.0 cm³/mol. The molecule has 22 heavy (non-hydrogen) atoms. The smallest absolute Gasteiger partial charge is 0.272 e. The molecule has 1 aromatic rings. The fraction of sp³-hybridized carbons (Fsp3) is 0.706. The maximum atomic E-state index is 12.4. The Balaban J connectivity index is 2.05. The molecule has 0 aromatic carbocycles. The molecule has 3 unspecified atom stereocenters. The standard InChI is InChI=1S/C17H28N4O/c1-11(2)13-7-6-12(3)10-15(13)18-17(22)14-8-9-16(20-19-14)21(4)5/h8-9,11-13,15H,6-7,10H2,1-5H3,(H,18,22). The van der Waals surface area contributed by atoms with Gasteiger partial charge in [-0.05, 0) is 42.7 Å². The number of nitrogens with zero attached hydrogens (tertiary/aromatic N) is 3. The van der Waals surface area contributed by atoms with Crippen LogP contribution < -0.4 is 10.2 Å². The minimum Gasteiger partial charge on any atom is -0.361 e. The van der Waals surface area contributed by atoms with Crippen LogP contribution in [0.3, 0.4) is 0 Å². The Morgan fingerprint density at radius 3 is 2.55 bits per heavy atom. The lowest BCUT2D eigenvalue weighted by atomic mass is 9.74. The number of aromatic nitrogens is 2. The first-order chi connectivity index (χ1) is 10.4. The number of amides is 1. The van der Waals surface area contributed by atoms with E-state index in [0.29, 0.717) is 23.4 Å². The lowest BCUT2D eigenvalue weighted by Crippen LogP contribution is -2.45. The van der Waals surface area contributed by atoms with Crippen molar-refractivity contribution in [2.75, 3.05) is 19.0 Å². The van der Waals surface area contributed by atoms with Gasteiger partial charge in [-0.15, -0.1) is 10.2 Å². The Bertz CT molecular complexity index is 498. The molecule has 0 aliphatic heterocycles. The van der Waals surface area contributed by atoms with Gasteiger partial charge in [-0.25, -0.2) is 0 Å². The SMILES string of the molecule is CC1CCC(C(C)C)C(NC(=O)c2ccc(N(C)C)nn2)C1. The van der Waals surface area contributed by atoms with Gasteiger partial charge in [0, 0.05) is 20.1 Å². The molecule has 1 amide bonds. The molecule has 1 aliphatic rings. The molecule has 3 atom stereocenters. The van der Waals surface area contributed by atoms with Crippen molar-refractivity contribution in [3.63, 3.8) is 0 Å². The van der Waals surface area contributed by atoms with E-state index in [2.05, 4.69) is 36.3 Å². The number of carbonyl (C=O) groups is 1. The minimum absolute atomic E-state index is 0.109. The molecule has 0 spiro atoms. The summed E-state index contributed by atoms with van der Waals surface area (Å²) in [6, 6.07) is 3.81. The third kappa shape index (κ3) is 3.96. The topological polar surface area (TPSA) is 58.1 Å². The molecule has 0 bridgehead atoms. The Morgan fingerprint density at radius 2 is 2.00 bits per heavy atom. The Morgan fingerprint density at radius 1 is 1.27 bits per heavy atom. The molecular weight excluding hydrogens is 276 g/mol. The van der Waals surface area contributed by atoms with E-state index in [1.54, 1.807) is 6.07 Å². The molecule has 5 heteroatoms. The van der Waals surface area contributed by atoms with Crippen molar-refractivity contribution in [2.24, 2.45) is 17.8 Å². The van der Waals surface area contributed by atoms with Crippen LogP contribution in [0.1, 0.15) is 50.5 Å². The van der Waals surface area contributed by atoms with Gasteiger partial charge in [-0.3, -0.25) is 4.79 Å². The van der Waals surface area contributed by atoms with Gasteiger partial charge in [0.1, 0.15) is 0 Å². The first-order valence-electron chi connectivity index (χ1n) is 8.20. The number of rotatable bonds is 4. The van der Waals surface area contributed by atoms with E-state index >= 15 is 0 Å². The van der Waals surface area contributed by atoms with Crippen LogP contribution >= 0.6 is 0 Å². The molecule has 1 N–H and O–H groups in total. The molecule has 5 nitrogen and oxygen atoms in total. The summed E-state index contributed by atoms with van der Waals surface area (Å²) in [7, 11) is 3.81. The summed E-state index contributed by atoms with van der Waals surface area (Å²) in [5, 5.41) is 11.3. The van der Waals surface area contributed by atoms with Gasteiger partial charge in [-0.2, -0.15) is 0 Å². The van der Waals surface area contributed by atoms with Crippen LogP contribution in [0.4, 0.5) is 5.82 Å². The Kier molecular flexibility index (Phi) is 5.37. The lowest BCUT2D eigenvalue weighted by Gasteiger charge is -2.37. The second-order valence-corrected chi connectivity index (χ2v) is 7.08. The molecular formula is C17H28N4O. The molecule has 1 aliphatic carbocycles. The zero-order valence-corrected chi connectivity index (χ0v) is 14.3. The van der Waals surface area contributed by atoms with Crippen molar-refractivity contribution < 1.29 is 4.79 Å². The van der Waals surface area contributed by atoms with E-state index in [1.165, 1.54) is 12.8 Å². The van der Waals surface area contributed by atoms with E-state index in [0.717, 1.165) is 12.2 Å². The van der Waals surface area contributed by atoms with Crippen LogP contribution in [0.25, 0.3) is 0 Å². The van der Waals surface area contributed by atoms with Gasteiger partial charge in [0.2, 0.25) is 0 Å². The molecule has 1 fully saturated rings. The van der Waals surface area contributed by atoms with Crippen LogP contribution in [-0.4, -0.2) is 36.2 Å². The molecule has 0 saturated heterocycles. The van der Waals surface area contributed by atoms with E-state index in [1.807, 2.05) is 25.1 Å². The zero-order chi connectivity index (χ0) is 16.3. The van der Waals surface area contributed by atoms with E-state index < -0.39 is 0 Å². The number of hydrogen-bond acceptors (Lipinski definition) is 4. The fourth-order valence-corrected chi connectivity index (χ4v) is 3.30. The molecule has 2 rings (SSSR count). The van der Waals surface area contributed by atoms with Crippen molar-refractivity contribution in [1.82, 2.24) is 15.5 Å². The number of carbonyl (C=O) groups excluding carboxylic acids is 1. The second kappa shape index (κ2) is 7.07. The third-order valence-corrected chi connectivity index (χ3v) is 4.68. The van der Waals surface area contributed by atoms with Crippen LogP contribution in [0, 0.1) is 17.8 Å². The van der Waals surface area contributed by atoms with E-state index in [4.69, 9.17) is 0 Å². The third-order valence-electron chi connectivity index (χ3n) is 4.68. The van der Waals surface area contributed by atoms with Crippen molar-refractivity contribution in [3.05, 3.63) is 17.8 Å². The largest absolute Gasteiger partial charge is 0.361 e. The monoisotopic (exact) mass is 304 g/mol. The maximum Gasteiger partial charge on any atom is 0.272 e. The number of anilines is 1. The Labute approximate surface area is 133 Å². The Hall–Kier alpha value is -1.65. The highest BCUT2D eigenvalue weighted by molar-refractivity contribution is 5.92. The van der Waals surface area contributed by atoms with Gasteiger partial charge in [-0.1, -0.05) is 27.2 Å². The molecule has 1 heterocycles. The highest BCUT2D eigenvalue weighted by Gasteiger charge is 2.32. The first-order valence-corrected chi connectivity index (χ1v) is 8.20. The van der Waals surface area contributed by atoms with Gasteiger partial charge in [0.25, 0.3) is 5.91 Å². The van der Waals surface area contributed by atoms with Crippen molar-refractivity contribution in [3.8, 4) is 0 Å². The van der Waals surface area contributed by atoms with Crippen molar-refractivity contribution in [1.29, 1.82) is 0 Å². The summed E-state index contributed by atoms with van der Waals surface area (Å²) in [5.74, 6) is 2.45. The summed E-state index contributed by atoms with van der Waals surface area (Å²) in [6.45, 7) is 6.75. The van der Waals surface area contributed by atoms with Gasteiger partial charge < -0.3 is 10.2 Å². The number of nitrogens with one attached hydrogen (secondary N) is 1. The highest BCUT2D eigenvalue weighted by Crippen LogP contribution is 2.33. The molecule has 1 aromatic heterocycles.